The molecular weight excluding hydrogens is 112 g/mol. The van der Waals surface area contributed by atoms with E-state index >= 15 is 0 Å². The Bertz CT molecular complexity index is 111. The molecule has 0 aromatic rings. The van der Waals surface area contributed by atoms with Gasteiger partial charge in [0.15, 0.2) is 0 Å². The summed E-state index contributed by atoms with van der Waals surface area (Å²) in [7, 11) is 0. The van der Waals surface area contributed by atoms with Crippen LogP contribution < -0.4 is 22.5 Å². The molecule has 8 heavy (non-hydrogen) atoms. The van der Waals surface area contributed by atoms with E-state index in [1.807, 2.05) is 0 Å². The van der Waals surface area contributed by atoms with E-state index in [1.54, 1.807) is 11.0 Å². The van der Waals surface area contributed by atoms with Crippen molar-refractivity contribution in [2.75, 3.05) is 0 Å². The van der Waals surface area contributed by atoms with Gasteiger partial charge in [0.25, 0.3) is 0 Å². The van der Waals surface area contributed by atoms with Gasteiger partial charge in [0.2, 0.25) is 0 Å². The van der Waals surface area contributed by atoms with Crippen LogP contribution in [-0.4, -0.2) is 11.8 Å². The number of carbonyl (C=O) groups excluding carboxylic acids is 2. The van der Waals surface area contributed by atoms with Gasteiger partial charge in [-0.25, -0.2) is 0 Å². The quantitative estimate of drug-likeness (QED) is 0.167. The van der Waals surface area contributed by atoms with Gasteiger partial charge in [-0.3, -0.25) is 20.9 Å². The van der Waals surface area contributed by atoms with Crippen molar-refractivity contribution >= 4 is 11.8 Å². The van der Waals surface area contributed by atoms with Crippen molar-refractivity contribution in [3.8, 4) is 0 Å². The lowest BCUT2D eigenvalue weighted by Crippen LogP contribution is -2.47. The Labute approximate surface area is 45.1 Å². The van der Waals surface area contributed by atoms with Gasteiger partial charge in [0.05, 0.1) is 0 Å². The normalized spacial score (nSPS) is 8.12. The summed E-state index contributed by atoms with van der Waals surface area (Å²) in [5.74, 6) is 2.53. The lowest BCUT2D eigenvalue weighted by atomic mass is 10.6. The third kappa shape index (κ3) is 2.11. The Kier molecular flexibility index (Phi) is 2.52. The lowest BCUT2D eigenvalue weighted by Gasteiger charge is -1.94. The van der Waals surface area contributed by atoms with Gasteiger partial charge in [-0.2, -0.15) is 5.53 Å². The first kappa shape index (κ1) is 6.86. The van der Waals surface area contributed by atoms with Crippen LogP contribution in [0.15, 0.2) is 0 Å². The van der Waals surface area contributed by atoms with Gasteiger partial charge in [0, 0.05) is 0 Å². The summed E-state index contributed by atoms with van der Waals surface area (Å²) in [6.45, 7) is 0. The molecule has 0 aliphatic carbocycles. The maximum Gasteiger partial charge on any atom is 0.324 e. The van der Waals surface area contributed by atoms with E-state index in [-0.39, 0.29) is 0 Å². The molecule has 0 spiro atoms. The van der Waals surface area contributed by atoms with Crippen molar-refractivity contribution in [2.24, 2.45) is 11.6 Å². The molecule has 0 rings (SSSR count). The topological polar surface area (TPSA) is 110 Å². The molecule has 0 aromatic carbocycles. The predicted octanol–water partition coefficient (Wildman–Crippen LogP) is -3.03. The first-order chi connectivity index (χ1) is 3.68. The van der Waals surface area contributed by atoms with E-state index in [9.17, 15) is 9.59 Å². The average Bonchev–Trinajstić information content (AvgIpc) is 1.67. The van der Waals surface area contributed by atoms with E-state index in [0.717, 1.165) is 0 Å². The fourth-order valence-electron chi connectivity index (χ4n) is 0.127. The smallest absolute Gasteiger partial charge is 0.324 e. The summed E-state index contributed by atoms with van der Waals surface area (Å²) in [6, 6.07) is 0. The van der Waals surface area contributed by atoms with Crippen molar-refractivity contribution in [2.45, 2.75) is 0 Å². The monoisotopic (exact) mass is 118 g/mol. The summed E-state index contributed by atoms with van der Waals surface area (Å²) in [6.07, 6.45) is 0. The highest BCUT2D eigenvalue weighted by Crippen LogP contribution is 1.52. The van der Waals surface area contributed by atoms with Crippen LogP contribution in [-0.2, 0) is 9.59 Å². The van der Waals surface area contributed by atoms with Crippen LogP contribution in [0.25, 0.3) is 0 Å². The number of rotatable bonds is 1. The Balaban J connectivity index is 3.49. The summed E-state index contributed by atoms with van der Waals surface area (Å²) in [5.41, 5.74) is 7.98. The number of nitrogens with two attached hydrogens (primary N) is 2. The largest absolute Gasteiger partial charge is 0.361 e. The number of nitrogens with one attached hydrogen (secondary N) is 2. The van der Waals surface area contributed by atoms with E-state index in [0.29, 0.717) is 0 Å². The van der Waals surface area contributed by atoms with Crippen LogP contribution in [0.4, 0.5) is 0 Å². The standard InChI is InChI=1S/C2H6N4O2/c3-1(7)2(8)5-6-4/h6H,4H2,(H2,3,7)(H,5,8). The zero-order valence-corrected chi connectivity index (χ0v) is 3.97. The van der Waals surface area contributed by atoms with Crippen LogP contribution in [0.2, 0.25) is 0 Å². The highest BCUT2D eigenvalue weighted by Gasteiger charge is 2.04. The molecule has 6 nitrogen and oxygen atoms in total. The molecule has 0 heterocycles. The summed E-state index contributed by atoms with van der Waals surface area (Å²) in [5, 5.41) is 0. The first-order valence-electron chi connectivity index (χ1n) is 1.74. The van der Waals surface area contributed by atoms with Gasteiger partial charge >= 0.3 is 11.8 Å². The Morgan fingerprint density at radius 3 is 2.00 bits per heavy atom. The van der Waals surface area contributed by atoms with Gasteiger partial charge in [0.1, 0.15) is 0 Å². The van der Waals surface area contributed by atoms with Gasteiger partial charge in [-0.05, 0) is 0 Å². The molecule has 0 saturated heterocycles. The molecular formula is C2H6N4O2. The van der Waals surface area contributed by atoms with Crippen LogP contribution in [0.3, 0.4) is 0 Å². The zero-order chi connectivity index (χ0) is 6.57. The lowest BCUT2D eigenvalue weighted by molar-refractivity contribution is -0.137. The minimum Gasteiger partial charge on any atom is -0.361 e. The third-order valence-electron chi connectivity index (χ3n) is 0.409. The summed E-state index contributed by atoms with van der Waals surface area (Å²) >= 11 is 0. The molecule has 6 N–H and O–H groups in total. The number of hydrazine groups is 2. The Morgan fingerprint density at radius 2 is 1.88 bits per heavy atom. The number of carbonyl (C=O) groups is 2. The molecule has 0 aromatic heterocycles. The van der Waals surface area contributed by atoms with Gasteiger partial charge in [-0.1, -0.05) is 0 Å². The third-order valence-corrected chi connectivity index (χ3v) is 0.409. The van der Waals surface area contributed by atoms with Gasteiger partial charge in [-0.15, -0.1) is 0 Å². The Morgan fingerprint density at radius 1 is 1.38 bits per heavy atom. The van der Waals surface area contributed by atoms with Crippen LogP contribution >= 0.6 is 0 Å². The first-order valence-corrected chi connectivity index (χ1v) is 1.74. The molecule has 0 bridgehead atoms. The van der Waals surface area contributed by atoms with Crippen molar-refractivity contribution in [1.29, 1.82) is 0 Å². The highest BCUT2D eigenvalue weighted by atomic mass is 16.2. The molecule has 0 aliphatic rings. The fourth-order valence-corrected chi connectivity index (χ4v) is 0.127. The summed E-state index contributed by atoms with van der Waals surface area (Å²) in [4.78, 5) is 19.8. The maximum absolute atomic E-state index is 10.0. The summed E-state index contributed by atoms with van der Waals surface area (Å²) < 4.78 is 0. The van der Waals surface area contributed by atoms with Crippen molar-refractivity contribution < 1.29 is 9.59 Å². The average molecular weight is 118 g/mol. The minimum atomic E-state index is -1.08. The molecule has 0 aliphatic heterocycles. The second-order valence-corrected chi connectivity index (χ2v) is 0.963. The molecule has 0 fully saturated rings. The molecule has 46 valence electrons. The second kappa shape index (κ2) is 2.94. The number of hydrogen-bond donors (Lipinski definition) is 4. The molecule has 0 atom stereocenters. The number of primary amides is 1. The maximum atomic E-state index is 10.0. The van der Waals surface area contributed by atoms with E-state index in [1.165, 1.54) is 0 Å². The van der Waals surface area contributed by atoms with Crippen LogP contribution in [0, 0.1) is 0 Å². The molecule has 6 heteroatoms. The van der Waals surface area contributed by atoms with Crippen molar-refractivity contribution in [1.82, 2.24) is 11.0 Å². The van der Waals surface area contributed by atoms with Crippen molar-refractivity contribution in [3.05, 3.63) is 0 Å². The second-order valence-electron chi connectivity index (χ2n) is 0.963. The molecule has 0 saturated carbocycles. The minimum absolute atomic E-state index is 0.965. The SMILES string of the molecule is NNNC(=O)C(N)=O. The van der Waals surface area contributed by atoms with Gasteiger partial charge < -0.3 is 5.73 Å². The number of hydrogen-bond acceptors (Lipinski definition) is 4. The predicted molar refractivity (Wildman–Crippen MR) is 24.7 cm³/mol. The van der Waals surface area contributed by atoms with Crippen LogP contribution in [0.5, 0.6) is 0 Å². The number of amides is 2. The van der Waals surface area contributed by atoms with E-state index in [2.05, 4.69) is 11.6 Å². The van der Waals surface area contributed by atoms with Crippen LogP contribution in [0.1, 0.15) is 0 Å². The molecule has 2 amide bonds. The van der Waals surface area contributed by atoms with E-state index < -0.39 is 11.8 Å². The Hall–Kier alpha value is -1.14. The zero-order valence-electron chi connectivity index (χ0n) is 3.97. The highest BCUT2D eigenvalue weighted by molar-refractivity contribution is 6.34. The van der Waals surface area contributed by atoms with Crippen molar-refractivity contribution in [3.63, 3.8) is 0 Å². The fraction of sp³-hybridized carbons (Fsp3) is 0. The molecule has 0 unspecified atom stereocenters. The van der Waals surface area contributed by atoms with E-state index in [4.69, 9.17) is 0 Å². The molecule has 0 radical (unpaired) electrons.